The van der Waals surface area contributed by atoms with Crippen LogP contribution in [0.15, 0.2) is 64.3 Å². The molecule has 5 heteroatoms. The van der Waals surface area contributed by atoms with E-state index >= 15 is 0 Å². The zero-order chi connectivity index (χ0) is 16.4. The van der Waals surface area contributed by atoms with E-state index in [1.54, 1.807) is 30.3 Å². The summed E-state index contributed by atoms with van der Waals surface area (Å²) in [5, 5.41) is 2.82. The number of benzene rings is 2. The molecule has 1 amide bonds. The maximum absolute atomic E-state index is 12.3. The quantitative estimate of drug-likeness (QED) is 0.804. The van der Waals surface area contributed by atoms with Gasteiger partial charge in [-0.1, -0.05) is 36.9 Å². The monoisotopic (exact) mass is 308 g/mol. The molecular weight excluding hydrogens is 292 g/mol. The van der Waals surface area contributed by atoms with E-state index in [1.807, 2.05) is 25.1 Å². The smallest absolute Gasteiger partial charge is 0.408 e. The van der Waals surface area contributed by atoms with Gasteiger partial charge in [-0.2, -0.15) is 0 Å². The van der Waals surface area contributed by atoms with Crippen molar-refractivity contribution < 1.29 is 9.21 Å². The Labute approximate surface area is 132 Å². The maximum Gasteiger partial charge on any atom is 0.420 e. The minimum absolute atomic E-state index is 0.111. The predicted molar refractivity (Wildman–Crippen MR) is 90.3 cm³/mol. The van der Waals surface area contributed by atoms with Gasteiger partial charge >= 0.3 is 5.76 Å². The van der Waals surface area contributed by atoms with Crippen molar-refractivity contribution >= 4 is 28.3 Å². The summed E-state index contributed by atoms with van der Waals surface area (Å²) in [5.41, 5.74) is 3.45. The number of para-hydroxylation sites is 3. The minimum Gasteiger partial charge on any atom is -0.408 e. The highest BCUT2D eigenvalue weighted by atomic mass is 16.4. The van der Waals surface area contributed by atoms with Crippen molar-refractivity contribution in [2.24, 2.45) is 0 Å². The molecule has 0 unspecified atom stereocenters. The fourth-order valence-electron chi connectivity index (χ4n) is 2.46. The second kappa shape index (κ2) is 5.96. The highest BCUT2D eigenvalue weighted by Crippen LogP contribution is 2.22. The first-order valence-corrected chi connectivity index (χ1v) is 7.19. The van der Waals surface area contributed by atoms with Crippen molar-refractivity contribution in [1.29, 1.82) is 0 Å². The van der Waals surface area contributed by atoms with Gasteiger partial charge in [-0.25, -0.2) is 4.79 Å². The summed E-state index contributed by atoms with van der Waals surface area (Å²) in [6, 6.07) is 14.4. The number of rotatable bonds is 4. The van der Waals surface area contributed by atoms with E-state index < -0.39 is 5.76 Å². The molecule has 0 saturated heterocycles. The van der Waals surface area contributed by atoms with E-state index in [0.717, 1.165) is 11.1 Å². The second-order valence-corrected chi connectivity index (χ2v) is 5.30. The van der Waals surface area contributed by atoms with E-state index in [1.165, 1.54) is 4.57 Å². The predicted octanol–water partition coefficient (Wildman–Crippen LogP) is 3.27. The molecule has 23 heavy (non-hydrogen) atoms. The van der Waals surface area contributed by atoms with Crippen LogP contribution in [-0.4, -0.2) is 10.5 Å². The summed E-state index contributed by atoms with van der Waals surface area (Å²) in [6.45, 7) is 5.67. The number of anilines is 1. The third-order valence-corrected chi connectivity index (χ3v) is 3.54. The van der Waals surface area contributed by atoms with E-state index in [0.29, 0.717) is 16.8 Å². The van der Waals surface area contributed by atoms with Gasteiger partial charge in [0.25, 0.3) is 0 Å². The number of nitrogens with one attached hydrogen (secondary N) is 1. The summed E-state index contributed by atoms with van der Waals surface area (Å²) in [5.74, 6) is -0.845. The largest absolute Gasteiger partial charge is 0.420 e. The molecule has 3 rings (SSSR count). The fraction of sp³-hybridized carbons (Fsp3) is 0.111. The average Bonchev–Trinajstić information content (AvgIpc) is 2.83. The number of hydrogen-bond acceptors (Lipinski definition) is 3. The molecule has 0 spiro atoms. The van der Waals surface area contributed by atoms with Crippen LogP contribution in [0.1, 0.15) is 12.5 Å². The van der Waals surface area contributed by atoms with Crippen LogP contribution < -0.4 is 11.1 Å². The molecule has 3 aromatic rings. The Kier molecular flexibility index (Phi) is 3.85. The number of amides is 1. The molecule has 0 saturated carbocycles. The summed E-state index contributed by atoms with van der Waals surface area (Å²) in [6.07, 6.45) is 0. The van der Waals surface area contributed by atoms with Crippen LogP contribution >= 0.6 is 0 Å². The van der Waals surface area contributed by atoms with Crippen LogP contribution in [0.5, 0.6) is 0 Å². The number of fused-ring (bicyclic) bond motifs is 1. The first kappa shape index (κ1) is 14.8. The molecule has 1 aromatic heterocycles. The van der Waals surface area contributed by atoms with Gasteiger partial charge in [0.15, 0.2) is 5.58 Å². The summed E-state index contributed by atoms with van der Waals surface area (Å²) < 4.78 is 6.44. The van der Waals surface area contributed by atoms with E-state index in [4.69, 9.17) is 4.42 Å². The minimum atomic E-state index is -0.547. The summed E-state index contributed by atoms with van der Waals surface area (Å²) in [4.78, 5) is 24.2. The Morgan fingerprint density at radius 2 is 1.87 bits per heavy atom. The molecule has 5 nitrogen and oxygen atoms in total. The lowest BCUT2D eigenvalue weighted by Crippen LogP contribution is -2.25. The maximum atomic E-state index is 12.3. The summed E-state index contributed by atoms with van der Waals surface area (Å²) >= 11 is 0. The summed E-state index contributed by atoms with van der Waals surface area (Å²) in [7, 11) is 0. The van der Waals surface area contributed by atoms with Crippen molar-refractivity contribution in [2.75, 3.05) is 5.32 Å². The molecule has 2 aromatic carbocycles. The Hall–Kier alpha value is -3.08. The Morgan fingerprint density at radius 3 is 2.65 bits per heavy atom. The number of nitrogens with zero attached hydrogens (tertiary/aromatic N) is 1. The molecule has 116 valence electrons. The van der Waals surface area contributed by atoms with Crippen molar-refractivity contribution in [1.82, 2.24) is 4.57 Å². The topological polar surface area (TPSA) is 64.2 Å². The normalized spacial score (nSPS) is 10.7. The molecule has 0 radical (unpaired) electrons. The molecule has 1 N–H and O–H groups in total. The molecule has 1 heterocycles. The zero-order valence-corrected chi connectivity index (χ0v) is 12.7. The van der Waals surface area contributed by atoms with Crippen LogP contribution in [-0.2, 0) is 11.3 Å². The molecule has 0 bridgehead atoms. The van der Waals surface area contributed by atoms with Gasteiger partial charge in [0.1, 0.15) is 6.54 Å². The molecule has 0 atom stereocenters. The van der Waals surface area contributed by atoms with Crippen molar-refractivity contribution in [3.63, 3.8) is 0 Å². The van der Waals surface area contributed by atoms with Gasteiger partial charge < -0.3 is 9.73 Å². The number of carbonyl (C=O) groups is 1. The van der Waals surface area contributed by atoms with Gasteiger partial charge in [-0.05, 0) is 30.7 Å². The molecular formula is C18H16N2O3. The number of aromatic nitrogens is 1. The Balaban J connectivity index is 1.86. The standard InChI is InChI=1S/C18H16N2O3/c1-12(2)13-7-3-4-8-14(13)19-17(21)11-20-15-9-5-6-10-16(15)23-18(20)22/h3-10H,1,11H2,2H3,(H,19,21). The third kappa shape index (κ3) is 2.94. The van der Waals surface area contributed by atoms with Gasteiger partial charge in [0.2, 0.25) is 5.91 Å². The lowest BCUT2D eigenvalue weighted by molar-refractivity contribution is -0.116. The lowest BCUT2D eigenvalue weighted by Gasteiger charge is -2.11. The first-order chi connectivity index (χ1) is 11.1. The highest BCUT2D eigenvalue weighted by molar-refractivity contribution is 5.94. The average molecular weight is 308 g/mol. The number of carbonyl (C=O) groups excluding carboxylic acids is 1. The fourth-order valence-corrected chi connectivity index (χ4v) is 2.46. The van der Waals surface area contributed by atoms with E-state index in [9.17, 15) is 9.59 Å². The number of allylic oxidation sites excluding steroid dienone is 1. The van der Waals surface area contributed by atoms with Crippen molar-refractivity contribution in [2.45, 2.75) is 13.5 Å². The lowest BCUT2D eigenvalue weighted by atomic mass is 10.1. The highest BCUT2D eigenvalue weighted by Gasteiger charge is 2.13. The Morgan fingerprint density at radius 1 is 1.17 bits per heavy atom. The Bertz CT molecular complexity index is 950. The number of oxazole rings is 1. The second-order valence-electron chi connectivity index (χ2n) is 5.30. The number of hydrogen-bond donors (Lipinski definition) is 1. The van der Waals surface area contributed by atoms with Crippen LogP contribution in [0.4, 0.5) is 5.69 Å². The van der Waals surface area contributed by atoms with Gasteiger partial charge in [0.05, 0.1) is 5.52 Å². The van der Waals surface area contributed by atoms with Crippen LogP contribution in [0, 0.1) is 0 Å². The molecule has 0 aliphatic carbocycles. The van der Waals surface area contributed by atoms with Crippen LogP contribution in [0.3, 0.4) is 0 Å². The third-order valence-electron chi connectivity index (χ3n) is 3.54. The van der Waals surface area contributed by atoms with Crippen molar-refractivity contribution in [3.05, 3.63) is 71.2 Å². The van der Waals surface area contributed by atoms with E-state index in [-0.39, 0.29) is 12.5 Å². The first-order valence-electron chi connectivity index (χ1n) is 7.19. The van der Waals surface area contributed by atoms with Gasteiger partial charge in [-0.3, -0.25) is 9.36 Å². The van der Waals surface area contributed by atoms with Crippen LogP contribution in [0.2, 0.25) is 0 Å². The molecule has 0 fully saturated rings. The van der Waals surface area contributed by atoms with Gasteiger partial charge in [0, 0.05) is 11.3 Å². The molecule has 0 aliphatic heterocycles. The van der Waals surface area contributed by atoms with Crippen LogP contribution in [0.25, 0.3) is 16.7 Å². The zero-order valence-electron chi connectivity index (χ0n) is 12.7. The van der Waals surface area contributed by atoms with Gasteiger partial charge in [-0.15, -0.1) is 0 Å². The molecule has 0 aliphatic rings. The van der Waals surface area contributed by atoms with E-state index in [2.05, 4.69) is 11.9 Å². The van der Waals surface area contributed by atoms with Crippen molar-refractivity contribution in [3.8, 4) is 0 Å². The SMILES string of the molecule is C=C(C)c1ccccc1NC(=O)Cn1c(=O)oc2ccccc21.